The van der Waals surface area contributed by atoms with Gasteiger partial charge in [-0.05, 0) is 55.7 Å². The van der Waals surface area contributed by atoms with Gasteiger partial charge in [0.25, 0.3) is 5.56 Å². The van der Waals surface area contributed by atoms with E-state index in [9.17, 15) is 22.8 Å². The topological polar surface area (TPSA) is 96.6 Å². The number of aromatic nitrogens is 3. The van der Waals surface area contributed by atoms with Crippen molar-refractivity contribution < 1.29 is 32.2 Å². The van der Waals surface area contributed by atoms with E-state index in [0.717, 1.165) is 30.2 Å². The molecule has 2 aromatic carbocycles. The van der Waals surface area contributed by atoms with Gasteiger partial charge in [0.2, 0.25) is 5.91 Å². The molecule has 1 aliphatic rings. The molecule has 1 fully saturated rings. The number of nitrogens with zero attached hydrogens (tertiary/aromatic N) is 3. The summed E-state index contributed by atoms with van der Waals surface area (Å²) in [7, 11) is 3.16. The molecule has 1 amide bonds. The van der Waals surface area contributed by atoms with Crippen molar-refractivity contribution in [3.63, 3.8) is 0 Å². The number of amides is 1. The van der Waals surface area contributed by atoms with Crippen LogP contribution < -0.4 is 20.3 Å². The summed E-state index contributed by atoms with van der Waals surface area (Å²) < 4.78 is 58.2. The van der Waals surface area contributed by atoms with Crippen molar-refractivity contribution in [2.75, 3.05) is 25.6 Å². The number of carbonyl (C=O) groups excluding carboxylic acids is 1. The van der Waals surface area contributed by atoms with Crippen LogP contribution in [0, 0.1) is 0 Å². The minimum absolute atomic E-state index is 0.132. The van der Waals surface area contributed by atoms with Gasteiger partial charge < -0.3 is 19.5 Å². The molecule has 3 heterocycles. The molecule has 0 bridgehead atoms. The lowest BCUT2D eigenvalue weighted by Gasteiger charge is -2.28. The Hall–Kier alpha value is -4.03. The summed E-state index contributed by atoms with van der Waals surface area (Å²) in [6.07, 6.45) is 1.19. The van der Waals surface area contributed by atoms with Crippen LogP contribution in [0.2, 0.25) is 5.02 Å². The van der Waals surface area contributed by atoms with Crippen LogP contribution in [0.5, 0.6) is 11.5 Å². The molecule has 2 aromatic heterocycles. The highest BCUT2D eigenvalue weighted by atomic mass is 35.5. The molecule has 0 aliphatic carbocycles. The van der Waals surface area contributed by atoms with Crippen molar-refractivity contribution in [2.45, 2.75) is 44.0 Å². The highest BCUT2D eigenvalue weighted by Gasteiger charge is 2.31. The second-order valence-electron chi connectivity index (χ2n) is 10.4. The fourth-order valence-corrected chi connectivity index (χ4v) is 5.36. The Labute approximate surface area is 250 Å². The van der Waals surface area contributed by atoms with Crippen molar-refractivity contribution in [3.8, 4) is 22.6 Å². The molecule has 228 valence electrons. The first-order valence-corrected chi connectivity index (χ1v) is 14.0. The number of hydrogen-bond donors (Lipinski definition) is 1. The predicted molar refractivity (Wildman–Crippen MR) is 156 cm³/mol. The number of methoxy groups -OCH3 is 1. The smallest absolute Gasteiger partial charge is 0.422 e. The van der Waals surface area contributed by atoms with Crippen molar-refractivity contribution in [1.29, 1.82) is 0 Å². The summed E-state index contributed by atoms with van der Waals surface area (Å²) >= 11 is 6.16. The monoisotopic (exact) mass is 618 g/mol. The lowest BCUT2D eigenvalue weighted by atomic mass is 10.00. The van der Waals surface area contributed by atoms with Crippen molar-refractivity contribution in [2.24, 2.45) is 7.05 Å². The van der Waals surface area contributed by atoms with Crippen LogP contribution in [-0.4, -0.2) is 52.9 Å². The molecule has 5 rings (SSSR count). The van der Waals surface area contributed by atoms with Gasteiger partial charge in [-0.1, -0.05) is 11.6 Å². The molecule has 0 saturated carbocycles. The number of halogens is 4. The SMILES string of the molecule is COc1cn(C(C[C@@H]2CCCCO2)C(=O)Nc2ccc3nn(C)cc3c2)c(=O)cc1-c1cc(Cl)ccc1OCC(F)(F)F. The average Bonchev–Trinajstić information content (AvgIpc) is 3.34. The Morgan fingerprint density at radius 1 is 1.14 bits per heavy atom. The zero-order valence-electron chi connectivity index (χ0n) is 23.5. The lowest BCUT2D eigenvalue weighted by molar-refractivity contribution is -0.153. The molecule has 0 spiro atoms. The quantitative estimate of drug-likeness (QED) is 0.242. The second kappa shape index (κ2) is 12.7. The largest absolute Gasteiger partial charge is 0.495 e. The van der Waals surface area contributed by atoms with Crippen LogP contribution in [0.1, 0.15) is 31.7 Å². The van der Waals surface area contributed by atoms with Gasteiger partial charge in [-0.3, -0.25) is 18.8 Å². The molecule has 1 saturated heterocycles. The van der Waals surface area contributed by atoms with Gasteiger partial charge in [0.15, 0.2) is 6.61 Å². The minimum atomic E-state index is -4.58. The number of rotatable bonds is 9. The lowest BCUT2D eigenvalue weighted by Crippen LogP contribution is -2.36. The molecule has 2 atom stereocenters. The zero-order valence-corrected chi connectivity index (χ0v) is 24.2. The molecule has 9 nitrogen and oxygen atoms in total. The number of carbonyl (C=O) groups is 1. The van der Waals surface area contributed by atoms with Gasteiger partial charge in [-0.25, -0.2) is 0 Å². The molecule has 13 heteroatoms. The van der Waals surface area contributed by atoms with Crippen LogP contribution >= 0.6 is 11.6 Å². The minimum Gasteiger partial charge on any atom is -0.495 e. The van der Waals surface area contributed by atoms with E-state index in [-0.39, 0.29) is 40.2 Å². The molecule has 1 aliphatic heterocycles. The Morgan fingerprint density at radius 2 is 1.93 bits per heavy atom. The summed E-state index contributed by atoms with van der Waals surface area (Å²) in [5.74, 6) is -0.433. The van der Waals surface area contributed by atoms with Crippen LogP contribution in [0.15, 0.2) is 59.7 Å². The molecule has 1 N–H and O–H groups in total. The molecule has 1 unspecified atom stereocenters. The third kappa shape index (κ3) is 7.31. The van der Waals surface area contributed by atoms with E-state index in [1.165, 1.54) is 42.1 Å². The number of aryl methyl sites for hydroxylation is 1. The van der Waals surface area contributed by atoms with Crippen molar-refractivity contribution >= 4 is 34.1 Å². The number of fused-ring (bicyclic) bond motifs is 1. The molecule has 0 radical (unpaired) electrons. The first-order chi connectivity index (χ1) is 20.5. The summed E-state index contributed by atoms with van der Waals surface area (Å²) in [6.45, 7) is -0.973. The number of benzene rings is 2. The Kier molecular flexibility index (Phi) is 8.97. The predicted octanol–water partition coefficient (Wildman–Crippen LogP) is 6.14. The maximum Gasteiger partial charge on any atom is 0.422 e. The van der Waals surface area contributed by atoms with E-state index in [0.29, 0.717) is 12.3 Å². The van der Waals surface area contributed by atoms with E-state index >= 15 is 0 Å². The maximum atomic E-state index is 13.8. The van der Waals surface area contributed by atoms with Crippen LogP contribution in [0.4, 0.5) is 18.9 Å². The number of nitrogens with one attached hydrogen (secondary N) is 1. The highest BCUT2D eigenvalue weighted by molar-refractivity contribution is 6.31. The number of hydrogen-bond acceptors (Lipinski definition) is 6. The van der Waals surface area contributed by atoms with Gasteiger partial charge in [-0.2, -0.15) is 18.3 Å². The average molecular weight is 619 g/mol. The second-order valence-corrected chi connectivity index (χ2v) is 10.8. The van der Waals surface area contributed by atoms with Crippen molar-refractivity contribution in [3.05, 3.63) is 70.2 Å². The standard InChI is InChI=1S/C30H30ClF3N4O5/c1-37-15-18-11-20(7-8-24(18)36-37)35-29(40)25(13-21-5-3-4-10-42-21)38-16-27(41-2)23(14-28(38)39)22-12-19(31)6-9-26(22)43-17-30(32,33)34/h6-9,11-12,14-16,21,25H,3-5,10,13,17H2,1-2H3,(H,35,40)/t21-,25?/m0/s1. The van der Waals surface area contributed by atoms with E-state index in [1.54, 1.807) is 29.9 Å². The van der Waals surface area contributed by atoms with E-state index in [4.69, 9.17) is 25.8 Å². The first kappa shape index (κ1) is 30.4. The summed E-state index contributed by atoms with van der Waals surface area (Å²) in [5, 5.41) is 8.32. The summed E-state index contributed by atoms with van der Waals surface area (Å²) in [4.78, 5) is 27.4. The third-order valence-corrected chi connectivity index (χ3v) is 7.41. The van der Waals surface area contributed by atoms with Crippen LogP contribution in [0.25, 0.3) is 22.0 Å². The van der Waals surface area contributed by atoms with E-state index < -0.39 is 30.3 Å². The molecule has 43 heavy (non-hydrogen) atoms. The molecular formula is C30H30ClF3N4O5. The highest BCUT2D eigenvalue weighted by Crippen LogP contribution is 2.38. The summed E-state index contributed by atoms with van der Waals surface area (Å²) in [5.41, 5.74) is 1.03. The zero-order chi connectivity index (χ0) is 30.7. The third-order valence-electron chi connectivity index (χ3n) is 7.17. The first-order valence-electron chi connectivity index (χ1n) is 13.7. The van der Waals surface area contributed by atoms with Crippen LogP contribution in [0.3, 0.4) is 0 Å². The fourth-order valence-electron chi connectivity index (χ4n) is 5.19. The molecule has 4 aromatic rings. The number of pyridine rings is 1. The van der Waals surface area contributed by atoms with Gasteiger partial charge in [0.1, 0.15) is 17.5 Å². The fraction of sp³-hybridized carbons (Fsp3) is 0.367. The Bertz CT molecular complexity index is 1680. The van der Waals surface area contributed by atoms with Gasteiger partial charge in [0, 0.05) is 59.6 Å². The Morgan fingerprint density at radius 3 is 2.65 bits per heavy atom. The maximum absolute atomic E-state index is 13.8. The van der Waals surface area contributed by atoms with E-state index in [1.807, 2.05) is 6.20 Å². The van der Waals surface area contributed by atoms with Gasteiger partial charge in [-0.15, -0.1) is 0 Å². The normalized spacial score (nSPS) is 16.2. The Balaban J connectivity index is 1.52. The van der Waals surface area contributed by atoms with Crippen LogP contribution in [-0.2, 0) is 16.6 Å². The number of alkyl halides is 3. The van der Waals surface area contributed by atoms with E-state index in [2.05, 4.69) is 10.4 Å². The summed E-state index contributed by atoms with van der Waals surface area (Å²) in [6, 6.07) is 9.61. The van der Waals surface area contributed by atoms with Crippen molar-refractivity contribution in [1.82, 2.24) is 14.3 Å². The number of anilines is 1. The van der Waals surface area contributed by atoms with Gasteiger partial charge >= 0.3 is 6.18 Å². The molecular weight excluding hydrogens is 589 g/mol. The number of ether oxygens (including phenoxy) is 3. The van der Waals surface area contributed by atoms with Gasteiger partial charge in [0.05, 0.1) is 24.9 Å².